The molecule has 1 heterocycles. The third-order valence-corrected chi connectivity index (χ3v) is 3.71. The van der Waals surface area contributed by atoms with Crippen LogP contribution in [0.5, 0.6) is 0 Å². The number of benzene rings is 1. The zero-order valence-electron chi connectivity index (χ0n) is 13.4. The van der Waals surface area contributed by atoms with Gasteiger partial charge in [-0.15, -0.1) is 0 Å². The van der Waals surface area contributed by atoms with Gasteiger partial charge in [-0.05, 0) is 17.5 Å². The molecule has 1 aliphatic rings. The normalized spacial score (nSPS) is 15.8. The number of piperazine rings is 1. The van der Waals surface area contributed by atoms with Crippen LogP contribution < -0.4 is 0 Å². The van der Waals surface area contributed by atoms with E-state index in [9.17, 15) is 14.0 Å². The number of amides is 2. The van der Waals surface area contributed by atoms with Crippen molar-refractivity contribution < 1.29 is 14.0 Å². The molecule has 5 heteroatoms. The molecule has 0 unspecified atom stereocenters. The summed E-state index contributed by atoms with van der Waals surface area (Å²) in [5.74, 6) is -0.690. The monoisotopic (exact) mass is 306 g/mol. The predicted octanol–water partition coefficient (Wildman–Crippen LogP) is 2.55. The van der Waals surface area contributed by atoms with Crippen LogP contribution >= 0.6 is 0 Å². The lowest BCUT2D eigenvalue weighted by molar-refractivity contribution is -0.134. The first kappa shape index (κ1) is 16.5. The molecule has 1 aromatic carbocycles. The van der Waals surface area contributed by atoms with E-state index in [0.717, 1.165) is 0 Å². The maximum atomic E-state index is 13.7. The molecule has 0 aliphatic carbocycles. The molecule has 4 nitrogen and oxygen atoms in total. The van der Waals surface area contributed by atoms with Crippen molar-refractivity contribution in [2.24, 2.45) is 5.41 Å². The molecule has 2 rings (SSSR count). The second-order valence-electron chi connectivity index (χ2n) is 6.89. The van der Waals surface area contributed by atoms with E-state index in [1.54, 1.807) is 21.9 Å². The lowest BCUT2D eigenvalue weighted by Gasteiger charge is -2.36. The van der Waals surface area contributed by atoms with Crippen molar-refractivity contribution >= 4 is 11.8 Å². The van der Waals surface area contributed by atoms with Crippen molar-refractivity contribution in [3.05, 3.63) is 35.6 Å². The minimum absolute atomic E-state index is 0.0444. The van der Waals surface area contributed by atoms with Crippen molar-refractivity contribution in [3.63, 3.8) is 0 Å². The minimum atomic E-state index is -0.501. The molecule has 0 spiro atoms. The summed E-state index contributed by atoms with van der Waals surface area (Å²) in [6.07, 6.45) is 0.494. The number of halogens is 1. The Kier molecular flexibility index (Phi) is 4.84. The van der Waals surface area contributed by atoms with Crippen LogP contribution in [0, 0.1) is 11.2 Å². The largest absolute Gasteiger partial charge is 0.339 e. The molecular weight excluding hydrogens is 283 g/mol. The van der Waals surface area contributed by atoms with Gasteiger partial charge in [-0.3, -0.25) is 9.59 Å². The summed E-state index contributed by atoms with van der Waals surface area (Å²) < 4.78 is 13.7. The Balaban J connectivity index is 1.94. The molecular formula is C17H23FN2O2. The van der Waals surface area contributed by atoms with Gasteiger partial charge < -0.3 is 9.80 Å². The van der Waals surface area contributed by atoms with E-state index in [4.69, 9.17) is 0 Å². The van der Waals surface area contributed by atoms with E-state index < -0.39 is 5.82 Å². The highest BCUT2D eigenvalue weighted by Gasteiger charge is 2.27. The molecule has 0 bridgehead atoms. The highest BCUT2D eigenvalue weighted by Crippen LogP contribution is 2.20. The van der Waals surface area contributed by atoms with Crippen LogP contribution in [0.1, 0.15) is 37.6 Å². The van der Waals surface area contributed by atoms with Gasteiger partial charge >= 0.3 is 0 Å². The molecule has 22 heavy (non-hydrogen) atoms. The first-order valence-corrected chi connectivity index (χ1v) is 7.59. The fraction of sp³-hybridized carbons (Fsp3) is 0.529. The molecule has 0 atom stereocenters. The number of hydrogen-bond donors (Lipinski definition) is 0. The fourth-order valence-electron chi connectivity index (χ4n) is 2.53. The van der Waals surface area contributed by atoms with Crippen LogP contribution in [-0.2, 0) is 4.79 Å². The third-order valence-electron chi connectivity index (χ3n) is 3.71. The molecule has 120 valence electrons. The molecule has 0 radical (unpaired) electrons. The van der Waals surface area contributed by atoms with E-state index in [2.05, 4.69) is 0 Å². The van der Waals surface area contributed by atoms with E-state index in [-0.39, 0.29) is 22.8 Å². The number of hydrogen-bond acceptors (Lipinski definition) is 2. The number of carbonyl (C=O) groups excluding carboxylic acids is 2. The minimum Gasteiger partial charge on any atom is -0.339 e. The van der Waals surface area contributed by atoms with Crippen LogP contribution in [0.4, 0.5) is 4.39 Å². The molecule has 0 saturated carbocycles. The van der Waals surface area contributed by atoms with E-state index >= 15 is 0 Å². The summed E-state index contributed by atoms with van der Waals surface area (Å²) in [6, 6.07) is 6.00. The maximum absolute atomic E-state index is 13.7. The first-order valence-electron chi connectivity index (χ1n) is 7.59. The van der Waals surface area contributed by atoms with Gasteiger partial charge in [-0.2, -0.15) is 0 Å². The van der Waals surface area contributed by atoms with Crippen LogP contribution in [0.15, 0.2) is 24.3 Å². The van der Waals surface area contributed by atoms with Crippen LogP contribution in [0.2, 0.25) is 0 Å². The average molecular weight is 306 g/mol. The Morgan fingerprint density at radius 3 is 2.14 bits per heavy atom. The molecule has 2 amide bonds. The van der Waals surface area contributed by atoms with Gasteiger partial charge in [-0.1, -0.05) is 32.9 Å². The predicted molar refractivity (Wildman–Crippen MR) is 83.0 cm³/mol. The zero-order valence-corrected chi connectivity index (χ0v) is 13.4. The standard InChI is InChI=1S/C17H23FN2O2/c1-17(2,3)12-15(21)19-8-10-20(11-9-19)16(22)13-6-4-5-7-14(13)18/h4-7H,8-12H2,1-3H3. The average Bonchev–Trinajstić information content (AvgIpc) is 2.45. The Morgan fingerprint density at radius 2 is 1.59 bits per heavy atom. The fourth-order valence-corrected chi connectivity index (χ4v) is 2.53. The van der Waals surface area contributed by atoms with Gasteiger partial charge in [0.1, 0.15) is 5.82 Å². The Hall–Kier alpha value is -1.91. The summed E-state index contributed by atoms with van der Waals surface area (Å²) in [6.45, 7) is 8.00. The maximum Gasteiger partial charge on any atom is 0.256 e. The van der Waals surface area contributed by atoms with Crippen LogP contribution in [-0.4, -0.2) is 47.8 Å². The molecule has 0 aromatic heterocycles. The van der Waals surface area contributed by atoms with E-state index in [1.165, 1.54) is 12.1 Å². The highest BCUT2D eigenvalue weighted by atomic mass is 19.1. The molecule has 0 N–H and O–H groups in total. The molecule has 1 aromatic rings. The smallest absolute Gasteiger partial charge is 0.256 e. The topological polar surface area (TPSA) is 40.6 Å². The highest BCUT2D eigenvalue weighted by molar-refractivity contribution is 5.94. The second-order valence-corrected chi connectivity index (χ2v) is 6.89. The van der Waals surface area contributed by atoms with Gasteiger partial charge in [-0.25, -0.2) is 4.39 Å². The van der Waals surface area contributed by atoms with Gasteiger partial charge in [0.2, 0.25) is 5.91 Å². The summed E-state index contributed by atoms with van der Waals surface area (Å²) >= 11 is 0. The van der Waals surface area contributed by atoms with Gasteiger partial charge in [0.05, 0.1) is 5.56 Å². The first-order chi connectivity index (χ1) is 10.3. The zero-order chi connectivity index (χ0) is 16.3. The van der Waals surface area contributed by atoms with Crippen molar-refractivity contribution in [1.29, 1.82) is 0 Å². The lowest BCUT2D eigenvalue weighted by atomic mass is 9.91. The van der Waals surface area contributed by atoms with Gasteiger partial charge in [0.15, 0.2) is 0 Å². The summed E-state index contributed by atoms with van der Waals surface area (Å²) in [5, 5.41) is 0. The van der Waals surface area contributed by atoms with Gasteiger partial charge in [0.25, 0.3) is 5.91 Å². The summed E-state index contributed by atoms with van der Waals surface area (Å²) in [7, 11) is 0. The Labute approximate surface area is 130 Å². The third kappa shape index (κ3) is 4.06. The van der Waals surface area contributed by atoms with Crippen molar-refractivity contribution in [2.45, 2.75) is 27.2 Å². The molecule has 1 saturated heterocycles. The summed E-state index contributed by atoms with van der Waals surface area (Å²) in [4.78, 5) is 27.9. The second kappa shape index (κ2) is 6.46. The SMILES string of the molecule is CC(C)(C)CC(=O)N1CCN(C(=O)c2ccccc2F)CC1. The lowest BCUT2D eigenvalue weighted by Crippen LogP contribution is -2.51. The van der Waals surface area contributed by atoms with Crippen LogP contribution in [0.3, 0.4) is 0 Å². The number of rotatable bonds is 2. The number of nitrogens with zero attached hydrogens (tertiary/aromatic N) is 2. The van der Waals surface area contributed by atoms with Crippen molar-refractivity contribution in [3.8, 4) is 0 Å². The quantitative estimate of drug-likeness (QED) is 0.842. The Morgan fingerprint density at radius 1 is 1.05 bits per heavy atom. The van der Waals surface area contributed by atoms with E-state index in [0.29, 0.717) is 32.6 Å². The molecule has 1 fully saturated rings. The summed E-state index contributed by atoms with van der Waals surface area (Å²) in [5.41, 5.74) is 0.0500. The van der Waals surface area contributed by atoms with Crippen molar-refractivity contribution in [1.82, 2.24) is 9.80 Å². The number of carbonyl (C=O) groups is 2. The van der Waals surface area contributed by atoms with Crippen LogP contribution in [0.25, 0.3) is 0 Å². The van der Waals surface area contributed by atoms with Gasteiger partial charge in [0, 0.05) is 32.6 Å². The van der Waals surface area contributed by atoms with Crippen molar-refractivity contribution in [2.75, 3.05) is 26.2 Å². The molecule has 1 aliphatic heterocycles. The van der Waals surface area contributed by atoms with E-state index in [1.807, 2.05) is 20.8 Å². The Bertz CT molecular complexity index is 558.